The molecule has 1 aliphatic carbocycles. The number of ether oxygens (including phenoxy) is 2. The highest BCUT2D eigenvalue weighted by molar-refractivity contribution is 5.79. The van der Waals surface area contributed by atoms with Gasteiger partial charge in [0.25, 0.3) is 0 Å². The van der Waals surface area contributed by atoms with E-state index in [4.69, 9.17) is 13.9 Å². The van der Waals surface area contributed by atoms with Gasteiger partial charge in [0.2, 0.25) is 0 Å². The Morgan fingerprint density at radius 1 is 1.00 bits per heavy atom. The highest BCUT2D eigenvalue weighted by Gasteiger charge is 2.38. The first-order chi connectivity index (χ1) is 15.7. The number of aliphatic imine (C=N–C) groups is 1. The minimum absolute atomic E-state index is 0.161. The van der Waals surface area contributed by atoms with Gasteiger partial charge < -0.3 is 24.5 Å². The maximum absolute atomic E-state index is 6.01. The molecule has 8 heteroatoms. The summed E-state index contributed by atoms with van der Waals surface area (Å²) in [7, 11) is 1.86. The smallest absolute Gasteiger partial charge is 0.191 e. The zero-order valence-corrected chi connectivity index (χ0v) is 19.9. The molecule has 2 aliphatic heterocycles. The molecule has 1 aromatic heterocycles. The molecule has 32 heavy (non-hydrogen) atoms. The van der Waals surface area contributed by atoms with E-state index >= 15 is 0 Å². The van der Waals surface area contributed by atoms with Crippen LogP contribution in [0.3, 0.4) is 0 Å². The molecule has 0 bridgehead atoms. The van der Waals surface area contributed by atoms with E-state index in [0.29, 0.717) is 0 Å². The first kappa shape index (κ1) is 23.5. The lowest BCUT2D eigenvalue weighted by Gasteiger charge is -2.48. The summed E-state index contributed by atoms with van der Waals surface area (Å²) in [5.74, 6) is 2.82. The van der Waals surface area contributed by atoms with Crippen molar-refractivity contribution in [1.82, 2.24) is 20.4 Å². The van der Waals surface area contributed by atoms with E-state index in [9.17, 15) is 0 Å². The van der Waals surface area contributed by atoms with Gasteiger partial charge in [-0.25, -0.2) is 0 Å². The number of morpholine rings is 2. The predicted octanol–water partition coefficient (Wildman–Crippen LogP) is 2.16. The molecular weight excluding hydrogens is 406 g/mol. The topological polar surface area (TPSA) is 74.5 Å². The summed E-state index contributed by atoms with van der Waals surface area (Å²) in [4.78, 5) is 9.65. The Morgan fingerprint density at radius 3 is 2.31 bits per heavy atom. The zero-order valence-electron chi connectivity index (χ0n) is 19.9. The van der Waals surface area contributed by atoms with Crippen LogP contribution in [-0.4, -0.2) is 94.0 Å². The van der Waals surface area contributed by atoms with Crippen LogP contribution in [0.4, 0.5) is 0 Å². The third kappa shape index (κ3) is 5.84. The van der Waals surface area contributed by atoms with Crippen LogP contribution in [0, 0.1) is 6.92 Å². The minimum atomic E-state index is 0.161. The van der Waals surface area contributed by atoms with E-state index in [0.717, 1.165) is 83.2 Å². The SMILES string of the molecule is CN=C(NCC(c1ccc(C)o1)N1CCOCC1)NCC1(N2CCOCC2)CCCCC1. The van der Waals surface area contributed by atoms with Gasteiger partial charge in [-0.2, -0.15) is 0 Å². The Morgan fingerprint density at radius 2 is 1.69 bits per heavy atom. The number of hydrogen-bond donors (Lipinski definition) is 2. The summed E-state index contributed by atoms with van der Waals surface area (Å²) in [6.07, 6.45) is 6.46. The summed E-state index contributed by atoms with van der Waals surface area (Å²) in [6.45, 7) is 10.8. The third-order valence-corrected chi connectivity index (χ3v) is 7.31. The average Bonchev–Trinajstić information content (AvgIpc) is 3.29. The molecule has 1 saturated carbocycles. The minimum Gasteiger partial charge on any atom is -0.465 e. The van der Waals surface area contributed by atoms with Gasteiger partial charge in [0, 0.05) is 51.9 Å². The Hall–Kier alpha value is -1.61. The fourth-order valence-corrected chi connectivity index (χ4v) is 5.45. The lowest BCUT2D eigenvalue weighted by atomic mass is 9.80. The number of rotatable bonds is 7. The second-order valence-corrected chi connectivity index (χ2v) is 9.30. The van der Waals surface area contributed by atoms with E-state index in [1.54, 1.807) is 0 Å². The quantitative estimate of drug-likeness (QED) is 0.490. The molecule has 4 rings (SSSR count). The average molecular weight is 448 g/mol. The largest absolute Gasteiger partial charge is 0.465 e. The number of guanidine groups is 1. The Balaban J connectivity index is 1.38. The van der Waals surface area contributed by atoms with Crippen molar-refractivity contribution in [2.24, 2.45) is 4.99 Å². The first-order valence-corrected chi connectivity index (χ1v) is 12.4. The molecule has 3 aliphatic rings. The molecule has 2 saturated heterocycles. The van der Waals surface area contributed by atoms with Crippen LogP contribution in [0.2, 0.25) is 0 Å². The number of aryl methyl sites for hydroxylation is 1. The van der Waals surface area contributed by atoms with Gasteiger partial charge in [0.1, 0.15) is 11.5 Å². The summed E-state index contributed by atoms with van der Waals surface area (Å²) in [6, 6.07) is 4.31. The molecule has 3 fully saturated rings. The van der Waals surface area contributed by atoms with Crippen LogP contribution in [0.25, 0.3) is 0 Å². The van der Waals surface area contributed by atoms with Gasteiger partial charge in [0.15, 0.2) is 5.96 Å². The van der Waals surface area contributed by atoms with E-state index in [1.807, 2.05) is 20.0 Å². The molecule has 3 heterocycles. The van der Waals surface area contributed by atoms with Crippen LogP contribution in [0.1, 0.15) is 49.7 Å². The van der Waals surface area contributed by atoms with Crippen LogP contribution >= 0.6 is 0 Å². The second kappa shape index (κ2) is 11.5. The van der Waals surface area contributed by atoms with Gasteiger partial charge in [0.05, 0.1) is 32.5 Å². The Bertz CT molecular complexity index is 719. The Kier molecular flexibility index (Phi) is 8.46. The second-order valence-electron chi connectivity index (χ2n) is 9.30. The first-order valence-electron chi connectivity index (χ1n) is 12.4. The molecule has 1 atom stereocenters. The van der Waals surface area contributed by atoms with Crippen molar-refractivity contribution in [2.75, 3.05) is 72.7 Å². The maximum atomic E-state index is 6.01. The van der Waals surface area contributed by atoms with Gasteiger partial charge in [-0.15, -0.1) is 0 Å². The monoisotopic (exact) mass is 447 g/mol. The van der Waals surface area contributed by atoms with Crippen LogP contribution < -0.4 is 10.6 Å². The lowest BCUT2D eigenvalue weighted by Crippen LogP contribution is -2.60. The van der Waals surface area contributed by atoms with Crippen molar-refractivity contribution in [2.45, 2.75) is 50.6 Å². The molecule has 0 radical (unpaired) electrons. The van der Waals surface area contributed by atoms with Crippen LogP contribution in [0.15, 0.2) is 21.5 Å². The molecule has 0 amide bonds. The highest BCUT2D eigenvalue weighted by atomic mass is 16.5. The van der Waals surface area contributed by atoms with Crippen molar-refractivity contribution in [1.29, 1.82) is 0 Å². The van der Waals surface area contributed by atoms with Crippen molar-refractivity contribution in [3.05, 3.63) is 23.7 Å². The summed E-state index contributed by atoms with van der Waals surface area (Å²) < 4.78 is 17.2. The van der Waals surface area contributed by atoms with Gasteiger partial charge in [-0.05, 0) is 31.9 Å². The summed E-state index contributed by atoms with van der Waals surface area (Å²) >= 11 is 0. The molecule has 180 valence electrons. The fraction of sp³-hybridized carbons (Fsp3) is 0.792. The molecule has 8 nitrogen and oxygen atoms in total. The number of nitrogens with zero attached hydrogens (tertiary/aromatic N) is 3. The maximum Gasteiger partial charge on any atom is 0.191 e. The molecule has 1 unspecified atom stereocenters. The number of furan rings is 1. The van der Waals surface area contributed by atoms with E-state index in [1.165, 1.54) is 32.1 Å². The molecule has 0 aromatic carbocycles. The van der Waals surface area contributed by atoms with Crippen molar-refractivity contribution in [3.63, 3.8) is 0 Å². The van der Waals surface area contributed by atoms with E-state index in [-0.39, 0.29) is 11.6 Å². The molecular formula is C24H41N5O3. The normalized spacial score (nSPS) is 24.2. The summed E-state index contributed by atoms with van der Waals surface area (Å²) in [5.41, 5.74) is 0.210. The number of hydrogen-bond acceptors (Lipinski definition) is 6. The standard InChI is InChI=1S/C24H41N5O3/c1-20-6-7-22(32-20)21(28-10-14-30-15-11-28)18-26-23(25-2)27-19-24(8-4-3-5-9-24)29-12-16-31-17-13-29/h6-7,21H,3-5,8-19H2,1-2H3,(H2,25,26,27). The summed E-state index contributed by atoms with van der Waals surface area (Å²) in [5, 5.41) is 7.26. The Labute approximate surface area is 192 Å². The number of nitrogens with one attached hydrogen (secondary N) is 2. The van der Waals surface area contributed by atoms with Crippen molar-refractivity contribution in [3.8, 4) is 0 Å². The van der Waals surface area contributed by atoms with Crippen LogP contribution in [-0.2, 0) is 9.47 Å². The van der Waals surface area contributed by atoms with E-state index in [2.05, 4.69) is 31.5 Å². The van der Waals surface area contributed by atoms with Gasteiger partial charge in [-0.1, -0.05) is 19.3 Å². The molecule has 1 aromatic rings. The highest BCUT2D eigenvalue weighted by Crippen LogP contribution is 2.34. The lowest BCUT2D eigenvalue weighted by molar-refractivity contribution is -0.0353. The third-order valence-electron chi connectivity index (χ3n) is 7.31. The van der Waals surface area contributed by atoms with Gasteiger partial charge in [-0.3, -0.25) is 14.8 Å². The molecule has 0 spiro atoms. The van der Waals surface area contributed by atoms with E-state index < -0.39 is 0 Å². The van der Waals surface area contributed by atoms with Gasteiger partial charge >= 0.3 is 0 Å². The van der Waals surface area contributed by atoms with Crippen molar-refractivity contribution < 1.29 is 13.9 Å². The zero-order chi connectivity index (χ0) is 22.2. The van der Waals surface area contributed by atoms with Crippen LogP contribution in [0.5, 0.6) is 0 Å². The molecule has 2 N–H and O–H groups in total. The predicted molar refractivity (Wildman–Crippen MR) is 126 cm³/mol. The van der Waals surface area contributed by atoms with Crippen molar-refractivity contribution >= 4 is 5.96 Å². The fourth-order valence-electron chi connectivity index (χ4n) is 5.45.